The molecule has 0 aliphatic carbocycles. The number of nitrogens with zero attached hydrogens (tertiary/aromatic N) is 14. The fraction of sp³-hybridized carbons (Fsp3) is 0.380. The van der Waals surface area contributed by atoms with Crippen molar-refractivity contribution in [2.24, 2.45) is 5.73 Å². The Morgan fingerprint density at radius 2 is 0.798 bits per heavy atom. The van der Waals surface area contributed by atoms with Crippen LogP contribution in [0.25, 0.3) is 0 Å². The summed E-state index contributed by atoms with van der Waals surface area (Å²) >= 11 is 6.58. The third kappa shape index (κ3) is 10.2. The Bertz CT molecular complexity index is 4500. The first kappa shape index (κ1) is 66.0. The van der Waals surface area contributed by atoms with E-state index < -0.39 is 117 Å². The minimum absolute atomic E-state index is 0.000279. The fourth-order valence-corrected chi connectivity index (χ4v) is 20.2. The van der Waals surface area contributed by atoms with Crippen molar-refractivity contribution in [3.8, 4) is 23.0 Å². The number of fused-ring (bicyclic) bond motifs is 2. The highest BCUT2D eigenvalue weighted by Crippen LogP contribution is 2.56. The zero-order valence-electron chi connectivity index (χ0n) is 56.5. The van der Waals surface area contributed by atoms with Crippen LogP contribution in [0.4, 0.5) is 38.4 Å². The number of hydrogen-bond donors (Lipinski definition) is 3. The molecule has 104 heavy (non-hydrogen) atoms. The average Bonchev–Trinajstić information content (AvgIpc) is 1.48. The van der Waals surface area contributed by atoms with E-state index in [4.69, 9.17) is 24.7 Å². The molecule has 10 fully saturated rings. The van der Waals surface area contributed by atoms with E-state index in [9.17, 15) is 4.79 Å². The first-order valence-electron chi connectivity index (χ1n) is 34.6. The molecule has 2 spiro atoms. The van der Waals surface area contributed by atoms with Gasteiger partial charge in [-0.05, 0) is 86.1 Å². The molecule has 2 bridgehead atoms. The molecular formula is C71H73N17O12S4. The Hall–Kier alpha value is -9.96. The van der Waals surface area contributed by atoms with Crippen LogP contribution in [0.3, 0.4) is 0 Å². The molecule has 6 aromatic rings. The van der Waals surface area contributed by atoms with Gasteiger partial charge < -0.3 is 30.0 Å². The van der Waals surface area contributed by atoms with Crippen molar-refractivity contribution >= 4 is 95.3 Å². The van der Waals surface area contributed by atoms with Crippen LogP contribution in [-0.2, 0) is 26.1 Å². The maximum Gasteiger partial charge on any atom is 0.327 e. The monoisotopic (exact) mass is 1480 g/mol. The molecule has 10 saturated heterocycles. The smallest absolute Gasteiger partial charge is 0.327 e. The van der Waals surface area contributed by atoms with E-state index in [1.54, 1.807) is 56.8 Å². The molecule has 33 heteroatoms. The lowest BCUT2D eigenvalue weighted by molar-refractivity contribution is -0.231. The van der Waals surface area contributed by atoms with Crippen molar-refractivity contribution in [2.75, 3.05) is 89.5 Å². The van der Waals surface area contributed by atoms with Gasteiger partial charge in [-0.15, -0.1) is 47.0 Å². The summed E-state index contributed by atoms with van der Waals surface area (Å²) in [5.74, 6) is 0.888. The highest BCUT2D eigenvalue weighted by Gasteiger charge is 2.80. The van der Waals surface area contributed by atoms with Gasteiger partial charge in [0.05, 0.1) is 39.5 Å². The molecule has 29 nitrogen and oxygen atoms in total. The van der Waals surface area contributed by atoms with Crippen LogP contribution >= 0.6 is 47.0 Å². The standard InChI is InChI=1S/C71H73N17O12S4/c1-69-59-79-39-75-57-58-77(63(75)91)41-81-60-71-74-70(85(61(72)89)43-87(71)67(81)95)27-26-49-50(54(98-29-33-102-46-16-8-3-9-17-46)23-22-53(49)97-28-32-101-45-14-6-2-7-15-45)36-73-62(90)86(70)44-88(71)68(96)82(60)42-78(58)64(92)76(57)40-80(59)66(94)84(69)38-52-51(37-83(69)65(79)93)55(99-30-34-103-47-18-10-4-11-19-47)24-25-56(52)100-31-35-104-48-20-12-5-13-21-48/h2-25,57-60,74H,26-44H2,1H3,(H2,72,89)(H,73,90)/t57?,58-,59?,60+,69+,70-,71?/m1/s1. The first-order valence-corrected chi connectivity index (χ1v) is 38.5. The summed E-state index contributed by atoms with van der Waals surface area (Å²) < 4.78 is 26.4. The topological polar surface area (TPSA) is 269 Å². The maximum atomic E-state index is 15.8. The van der Waals surface area contributed by atoms with Gasteiger partial charge in [0.2, 0.25) is 5.79 Å². The highest BCUT2D eigenvalue weighted by molar-refractivity contribution is 8.00. The average molecular weight is 1480 g/mol. The number of nitrogens with two attached hydrogens (primary N) is 1. The first-order chi connectivity index (χ1) is 50.7. The molecule has 7 atom stereocenters. The molecule has 0 radical (unpaired) electrons. The van der Waals surface area contributed by atoms with Gasteiger partial charge in [0.25, 0.3) is 0 Å². The summed E-state index contributed by atoms with van der Waals surface area (Å²) in [6.07, 6.45) is -4.56. The SMILES string of the molecule is C[C@@]12C3N4CN5C(=O)N6CN7C(=O)N8CN(C(N)=O)[C@]9%10CCc%11c(OCCSc%12ccccc%12)ccc(OCCSc%12ccccc%12)c%11CNC(=O)N9CN9C(=O)N(CN%11C(=O)N(CN3C(=O)N1Cc1c(OCCSc3ccccc3)ccc(OCCSc3ccccc3)c1CN2C4=O)C5[C@H]6%11)[C@H]7C89N%10. The van der Waals surface area contributed by atoms with Crippen LogP contribution in [0.15, 0.2) is 165 Å². The molecule has 16 amide bonds. The summed E-state index contributed by atoms with van der Waals surface area (Å²) in [5.41, 5.74) is 7.75. The largest absolute Gasteiger partial charge is 0.492 e. The minimum atomic E-state index is -1.86. The number of benzene rings is 6. The van der Waals surface area contributed by atoms with E-state index in [1.807, 2.05) is 153 Å². The van der Waals surface area contributed by atoms with Crippen LogP contribution in [0.1, 0.15) is 35.6 Å². The predicted molar refractivity (Wildman–Crippen MR) is 381 cm³/mol. The second-order valence-corrected chi connectivity index (χ2v) is 31.8. The minimum Gasteiger partial charge on any atom is -0.492 e. The third-order valence-electron chi connectivity index (χ3n) is 21.8. The van der Waals surface area contributed by atoms with Crippen LogP contribution in [0.5, 0.6) is 23.0 Å². The molecule has 0 aromatic heterocycles. The highest BCUT2D eigenvalue weighted by atomic mass is 32.2. The van der Waals surface area contributed by atoms with Crippen LogP contribution < -0.4 is 35.3 Å². The predicted octanol–water partition coefficient (Wildman–Crippen LogP) is 8.07. The van der Waals surface area contributed by atoms with Crippen molar-refractivity contribution in [1.82, 2.24) is 79.2 Å². The molecule has 3 unspecified atom stereocenters. The number of rotatable bonds is 20. The van der Waals surface area contributed by atoms with Gasteiger partial charge in [0.1, 0.15) is 63.0 Å². The van der Waals surface area contributed by atoms with Crippen molar-refractivity contribution in [2.45, 2.75) is 101 Å². The Kier molecular flexibility index (Phi) is 16.3. The molecule has 12 aliphatic heterocycles. The summed E-state index contributed by atoms with van der Waals surface area (Å²) in [4.78, 5) is 149. The lowest BCUT2D eigenvalue weighted by Crippen LogP contribution is -2.92. The van der Waals surface area contributed by atoms with Crippen molar-refractivity contribution in [1.29, 1.82) is 0 Å². The van der Waals surface area contributed by atoms with E-state index in [0.717, 1.165) is 19.6 Å². The number of nitrogens with one attached hydrogen (secondary N) is 2. The lowest BCUT2D eigenvalue weighted by Gasteiger charge is -2.64. The van der Waals surface area contributed by atoms with Crippen LogP contribution in [-0.4, -0.2) is 248 Å². The van der Waals surface area contributed by atoms with Crippen molar-refractivity contribution in [3.05, 3.63) is 168 Å². The van der Waals surface area contributed by atoms with Crippen LogP contribution in [0, 0.1) is 0 Å². The quantitative estimate of drug-likeness (QED) is 0.0482. The number of hydrogen-bond acceptors (Lipinski definition) is 17. The lowest BCUT2D eigenvalue weighted by atomic mass is 9.95. The van der Waals surface area contributed by atoms with Gasteiger partial charge in [-0.1, -0.05) is 72.8 Å². The van der Waals surface area contributed by atoms with Crippen molar-refractivity contribution < 1.29 is 57.3 Å². The number of amides is 16. The summed E-state index contributed by atoms with van der Waals surface area (Å²) in [7, 11) is 0. The second kappa shape index (κ2) is 25.7. The third-order valence-corrected chi connectivity index (χ3v) is 25.7. The van der Waals surface area contributed by atoms with E-state index in [-0.39, 0.29) is 45.8 Å². The Labute approximate surface area is 615 Å². The number of carbonyl (C=O) groups excluding carboxylic acids is 8. The maximum absolute atomic E-state index is 15.8. The number of carbonyl (C=O) groups is 8. The van der Waals surface area contributed by atoms with Gasteiger partial charge in [-0.25, -0.2) is 43.7 Å². The van der Waals surface area contributed by atoms with Gasteiger partial charge in [0, 0.05) is 77.8 Å². The van der Waals surface area contributed by atoms with Crippen molar-refractivity contribution in [3.63, 3.8) is 0 Å². The number of ether oxygens (including phenoxy) is 4. The molecule has 12 aliphatic rings. The molecule has 538 valence electrons. The van der Waals surface area contributed by atoms with Gasteiger partial charge in [0.15, 0.2) is 36.1 Å². The van der Waals surface area contributed by atoms with E-state index in [1.165, 1.54) is 58.8 Å². The molecule has 12 heterocycles. The molecule has 6 aromatic carbocycles. The van der Waals surface area contributed by atoms with E-state index in [2.05, 4.69) is 10.6 Å². The van der Waals surface area contributed by atoms with Gasteiger partial charge in [-0.3, -0.25) is 68.6 Å². The summed E-state index contributed by atoms with van der Waals surface area (Å²) in [5, 5.41) is 6.70. The zero-order chi connectivity index (χ0) is 70.9. The Morgan fingerprint density at radius 3 is 1.20 bits per heavy atom. The van der Waals surface area contributed by atoms with E-state index >= 15 is 33.6 Å². The summed E-state index contributed by atoms with van der Waals surface area (Å²) in [6.45, 7) is 0.383. The molecule has 4 N–H and O–H groups in total. The summed E-state index contributed by atoms with van der Waals surface area (Å²) in [6, 6.07) is 42.2. The van der Waals surface area contributed by atoms with Gasteiger partial charge in [-0.2, -0.15) is 0 Å². The molecule has 18 rings (SSSR count). The Balaban J connectivity index is 0.651. The normalized spacial score (nSPS) is 25.9. The molecule has 0 saturated carbocycles. The number of urea groups is 8. The van der Waals surface area contributed by atoms with Crippen LogP contribution in [0.2, 0.25) is 0 Å². The van der Waals surface area contributed by atoms with Gasteiger partial charge >= 0.3 is 48.2 Å². The van der Waals surface area contributed by atoms with E-state index in [0.29, 0.717) is 94.7 Å². The zero-order valence-corrected chi connectivity index (χ0v) is 59.7. The Morgan fingerprint density at radius 1 is 0.433 bits per heavy atom. The second-order valence-electron chi connectivity index (χ2n) is 27.1. The fourth-order valence-electron chi connectivity index (χ4n) is 17.2. The number of primary amides is 1. The molecular weight excluding hydrogens is 1410 g/mol. The number of thioether (sulfide) groups is 4.